The summed E-state index contributed by atoms with van der Waals surface area (Å²) in [4.78, 5) is 11.9. The van der Waals surface area contributed by atoms with Crippen molar-refractivity contribution < 1.29 is 14.3 Å². The average molecular weight is 315 g/mol. The highest BCUT2D eigenvalue weighted by atomic mass is 35.5. The molecular formula is C15H23ClN2O3. The van der Waals surface area contributed by atoms with Gasteiger partial charge in [-0.15, -0.1) is 12.4 Å². The highest BCUT2D eigenvalue weighted by molar-refractivity contribution is 5.85. The standard InChI is InChI=1S/C15H22N2O3.ClH/c1-12(9-20-10-13-5-3-2-4-6-13)17-15(18)14-11-19-8-7-16-14;/h2-6,12,14,16H,7-11H2,1H3,(H,17,18);1H. The van der Waals surface area contributed by atoms with E-state index >= 15 is 0 Å². The van der Waals surface area contributed by atoms with E-state index in [1.165, 1.54) is 0 Å². The Hall–Kier alpha value is -1.14. The van der Waals surface area contributed by atoms with Gasteiger partial charge >= 0.3 is 0 Å². The van der Waals surface area contributed by atoms with Crippen LogP contribution in [0.4, 0.5) is 0 Å². The minimum Gasteiger partial charge on any atom is -0.378 e. The first-order valence-electron chi connectivity index (χ1n) is 6.99. The van der Waals surface area contributed by atoms with Crippen LogP contribution in [0.2, 0.25) is 0 Å². The number of benzene rings is 1. The molecule has 2 atom stereocenters. The van der Waals surface area contributed by atoms with Crippen molar-refractivity contribution in [1.29, 1.82) is 0 Å². The highest BCUT2D eigenvalue weighted by Gasteiger charge is 2.22. The van der Waals surface area contributed by atoms with Crippen LogP contribution in [0.1, 0.15) is 12.5 Å². The van der Waals surface area contributed by atoms with E-state index in [-0.39, 0.29) is 30.4 Å². The summed E-state index contributed by atoms with van der Waals surface area (Å²) in [5.74, 6) is -0.0273. The molecule has 2 unspecified atom stereocenters. The van der Waals surface area contributed by atoms with Gasteiger partial charge in [-0.05, 0) is 12.5 Å². The number of hydrogen-bond acceptors (Lipinski definition) is 4. The predicted octanol–water partition coefficient (Wildman–Crippen LogP) is 1.12. The Kier molecular flexibility index (Phi) is 8.30. The van der Waals surface area contributed by atoms with Gasteiger partial charge in [-0.2, -0.15) is 0 Å². The number of rotatable bonds is 6. The molecule has 1 aliphatic heterocycles. The maximum atomic E-state index is 11.9. The molecule has 0 spiro atoms. The summed E-state index contributed by atoms with van der Waals surface area (Å²) in [5.41, 5.74) is 1.13. The molecule has 2 rings (SSSR count). The fourth-order valence-electron chi connectivity index (χ4n) is 2.05. The van der Waals surface area contributed by atoms with Crippen molar-refractivity contribution in [2.24, 2.45) is 0 Å². The zero-order valence-corrected chi connectivity index (χ0v) is 13.0. The Bertz CT molecular complexity index is 411. The van der Waals surface area contributed by atoms with Crippen LogP contribution in [0.25, 0.3) is 0 Å². The molecule has 6 heteroatoms. The molecule has 1 aromatic rings. The lowest BCUT2D eigenvalue weighted by atomic mass is 10.2. The van der Waals surface area contributed by atoms with Crippen molar-refractivity contribution in [2.75, 3.05) is 26.4 Å². The molecule has 5 nitrogen and oxygen atoms in total. The van der Waals surface area contributed by atoms with Gasteiger partial charge < -0.3 is 20.1 Å². The van der Waals surface area contributed by atoms with E-state index in [1.54, 1.807) is 0 Å². The summed E-state index contributed by atoms with van der Waals surface area (Å²) in [6.45, 7) is 4.81. The number of ether oxygens (including phenoxy) is 2. The Balaban J connectivity index is 0.00000220. The van der Waals surface area contributed by atoms with Gasteiger partial charge in [-0.25, -0.2) is 0 Å². The Morgan fingerprint density at radius 3 is 2.90 bits per heavy atom. The normalized spacial score (nSPS) is 19.4. The maximum absolute atomic E-state index is 11.9. The van der Waals surface area contributed by atoms with Crippen LogP contribution < -0.4 is 10.6 Å². The number of nitrogens with one attached hydrogen (secondary N) is 2. The molecule has 1 saturated heterocycles. The molecule has 0 saturated carbocycles. The van der Waals surface area contributed by atoms with Crippen LogP contribution in [0.3, 0.4) is 0 Å². The van der Waals surface area contributed by atoms with Gasteiger partial charge in [0.25, 0.3) is 0 Å². The minimum atomic E-state index is -0.250. The molecule has 0 bridgehead atoms. The van der Waals surface area contributed by atoms with E-state index in [9.17, 15) is 4.79 Å². The maximum Gasteiger partial charge on any atom is 0.239 e. The van der Waals surface area contributed by atoms with Gasteiger partial charge in [0.2, 0.25) is 5.91 Å². The van der Waals surface area contributed by atoms with E-state index in [4.69, 9.17) is 9.47 Å². The summed E-state index contributed by atoms with van der Waals surface area (Å²) >= 11 is 0. The number of amides is 1. The number of halogens is 1. The fraction of sp³-hybridized carbons (Fsp3) is 0.533. The van der Waals surface area contributed by atoms with Crippen LogP contribution in [-0.2, 0) is 20.9 Å². The number of morpholine rings is 1. The summed E-state index contributed by atoms with van der Waals surface area (Å²) < 4.78 is 10.9. The zero-order chi connectivity index (χ0) is 14.2. The SMILES string of the molecule is CC(COCc1ccccc1)NC(=O)C1COCCN1.Cl. The lowest BCUT2D eigenvalue weighted by Crippen LogP contribution is -2.53. The van der Waals surface area contributed by atoms with Crippen molar-refractivity contribution in [2.45, 2.75) is 25.6 Å². The van der Waals surface area contributed by atoms with Gasteiger partial charge in [0.05, 0.1) is 26.4 Å². The van der Waals surface area contributed by atoms with Gasteiger partial charge in [0.15, 0.2) is 0 Å². The quantitative estimate of drug-likeness (QED) is 0.826. The van der Waals surface area contributed by atoms with Gasteiger partial charge in [0, 0.05) is 12.6 Å². The monoisotopic (exact) mass is 314 g/mol. The fourth-order valence-corrected chi connectivity index (χ4v) is 2.05. The van der Waals surface area contributed by atoms with Gasteiger partial charge in [0.1, 0.15) is 6.04 Å². The first-order valence-corrected chi connectivity index (χ1v) is 6.99. The topological polar surface area (TPSA) is 59.6 Å². The van der Waals surface area contributed by atoms with E-state index < -0.39 is 0 Å². The van der Waals surface area contributed by atoms with Crippen LogP contribution in [0.5, 0.6) is 0 Å². The Labute approximate surface area is 131 Å². The van der Waals surface area contributed by atoms with Gasteiger partial charge in [-0.1, -0.05) is 30.3 Å². The summed E-state index contributed by atoms with van der Waals surface area (Å²) in [7, 11) is 0. The Morgan fingerprint density at radius 2 is 2.24 bits per heavy atom. The highest BCUT2D eigenvalue weighted by Crippen LogP contribution is 2.01. The molecule has 2 N–H and O–H groups in total. The first kappa shape index (κ1) is 17.9. The summed E-state index contributed by atoms with van der Waals surface area (Å²) in [6, 6.07) is 9.72. The molecule has 21 heavy (non-hydrogen) atoms. The van der Waals surface area contributed by atoms with Crippen molar-refractivity contribution in [3.8, 4) is 0 Å². The third-order valence-corrected chi connectivity index (χ3v) is 3.11. The second-order valence-corrected chi connectivity index (χ2v) is 4.99. The van der Waals surface area contributed by atoms with Crippen LogP contribution in [-0.4, -0.2) is 44.4 Å². The molecule has 118 valence electrons. The minimum absolute atomic E-state index is 0. The largest absolute Gasteiger partial charge is 0.378 e. The average Bonchev–Trinajstić information content (AvgIpc) is 2.49. The second-order valence-electron chi connectivity index (χ2n) is 4.99. The third-order valence-electron chi connectivity index (χ3n) is 3.11. The molecular weight excluding hydrogens is 292 g/mol. The molecule has 1 aliphatic rings. The van der Waals surface area contributed by atoms with Crippen LogP contribution >= 0.6 is 12.4 Å². The summed E-state index contributed by atoms with van der Waals surface area (Å²) in [6.07, 6.45) is 0. The van der Waals surface area contributed by atoms with Crippen molar-refractivity contribution in [3.63, 3.8) is 0 Å². The van der Waals surface area contributed by atoms with Crippen molar-refractivity contribution >= 4 is 18.3 Å². The lowest BCUT2D eigenvalue weighted by molar-refractivity contribution is -0.127. The number of carbonyl (C=O) groups excluding carboxylic acids is 1. The molecule has 1 fully saturated rings. The summed E-state index contributed by atoms with van der Waals surface area (Å²) in [5, 5.41) is 6.06. The zero-order valence-electron chi connectivity index (χ0n) is 12.2. The molecule has 0 radical (unpaired) electrons. The first-order chi connectivity index (χ1) is 9.75. The number of carbonyl (C=O) groups is 1. The van der Waals surface area contributed by atoms with E-state index in [0.717, 1.165) is 12.1 Å². The van der Waals surface area contributed by atoms with Crippen molar-refractivity contribution in [1.82, 2.24) is 10.6 Å². The van der Waals surface area contributed by atoms with Gasteiger partial charge in [-0.3, -0.25) is 4.79 Å². The lowest BCUT2D eigenvalue weighted by Gasteiger charge is -2.24. The second kappa shape index (κ2) is 9.73. The van der Waals surface area contributed by atoms with Crippen LogP contribution in [0, 0.1) is 0 Å². The van der Waals surface area contributed by atoms with E-state index in [0.29, 0.717) is 26.4 Å². The molecule has 0 aliphatic carbocycles. The van der Waals surface area contributed by atoms with E-state index in [1.807, 2.05) is 37.3 Å². The molecule has 0 aromatic heterocycles. The molecule has 1 aromatic carbocycles. The van der Waals surface area contributed by atoms with Crippen LogP contribution in [0.15, 0.2) is 30.3 Å². The number of hydrogen-bond donors (Lipinski definition) is 2. The Morgan fingerprint density at radius 1 is 1.48 bits per heavy atom. The molecule has 1 amide bonds. The van der Waals surface area contributed by atoms with Crippen molar-refractivity contribution in [3.05, 3.63) is 35.9 Å². The third kappa shape index (κ3) is 6.44. The molecule has 1 heterocycles. The van der Waals surface area contributed by atoms with E-state index in [2.05, 4.69) is 10.6 Å². The predicted molar refractivity (Wildman–Crippen MR) is 83.6 cm³/mol. The smallest absolute Gasteiger partial charge is 0.239 e.